The second-order valence-electron chi connectivity index (χ2n) is 5.96. The van der Waals surface area contributed by atoms with E-state index < -0.39 is 18.0 Å². The van der Waals surface area contributed by atoms with Crippen molar-refractivity contribution in [1.29, 1.82) is 0 Å². The van der Waals surface area contributed by atoms with Crippen molar-refractivity contribution < 1.29 is 22.8 Å². The Labute approximate surface area is 117 Å². The molecule has 1 aromatic rings. The molecular weight excluding hydrogens is 267 g/mol. The summed E-state index contributed by atoms with van der Waals surface area (Å²) in [5.74, 6) is 0.155. The molecule has 1 aliphatic heterocycles. The molecule has 0 bridgehead atoms. The summed E-state index contributed by atoms with van der Waals surface area (Å²) in [6, 6.07) is 5.64. The van der Waals surface area contributed by atoms with Gasteiger partial charge >= 0.3 is 6.18 Å². The van der Waals surface area contributed by atoms with E-state index in [0.29, 0.717) is 4.48 Å². The number of likely N-dealkylation sites (tertiary alicyclic amines) is 1. The van der Waals surface area contributed by atoms with Gasteiger partial charge in [0.25, 0.3) is 0 Å². The maximum absolute atomic E-state index is 12.7. The van der Waals surface area contributed by atoms with Crippen molar-refractivity contribution in [2.45, 2.75) is 38.1 Å². The van der Waals surface area contributed by atoms with Crippen LogP contribution in [0.3, 0.4) is 0 Å². The summed E-state index contributed by atoms with van der Waals surface area (Å²) in [7, 11) is 1.99. The van der Waals surface area contributed by atoms with Crippen LogP contribution in [0.4, 0.5) is 13.2 Å². The number of quaternary nitrogens is 1. The predicted octanol–water partition coefficient (Wildman–Crippen LogP) is 3.37. The first-order valence-electron chi connectivity index (χ1n) is 6.92. The molecule has 1 fully saturated rings. The van der Waals surface area contributed by atoms with E-state index in [-0.39, 0.29) is 5.92 Å². The number of halogens is 3. The molecule has 1 heterocycles. The highest BCUT2D eigenvalue weighted by Gasteiger charge is 2.35. The normalized spacial score (nSPS) is 29.2. The molecule has 1 saturated heterocycles. The number of benzene rings is 1. The molecule has 0 radical (unpaired) electrons. The zero-order valence-corrected chi connectivity index (χ0v) is 11.8. The number of hydrogen-bond acceptors (Lipinski definition) is 1. The minimum absolute atomic E-state index is 0.155. The van der Waals surface area contributed by atoms with Crippen molar-refractivity contribution in [3.05, 3.63) is 35.4 Å². The fraction of sp³-hybridized carbons (Fsp3) is 0.600. The molecule has 1 N–H and O–H groups in total. The molecule has 2 nitrogen and oxygen atoms in total. The fourth-order valence-electron chi connectivity index (χ4n) is 2.83. The van der Waals surface area contributed by atoms with Gasteiger partial charge in [0.2, 0.25) is 0 Å². The van der Waals surface area contributed by atoms with Crippen molar-refractivity contribution in [3.63, 3.8) is 0 Å². The quantitative estimate of drug-likeness (QED) is 0.827. The van der Waals surface area contributed by atoms with E-state index in [2.05, 4.69) is 0 Å². The van der Waals surface area contributed by atoms with E-state index in [0.717, 1.165) is 37.6 Å². The largest absolute Gasteiger partial charge is 0.416 e. The van der Waals surface area contributed by atoms with E-state index in [4.69, 9.17) is 0 Å². The number of aliphatic hydroxyl groups excluding tert-OH is 1. The third-order valence-corrected chi connectivity index (χ3v) is 4.56. The molecule has 0 saturated carbocycles. The van der Waals surface area contributed by atoms with E-state index >= 15 is 0 Å². The molecule has 1 aliphatic rings. The average molecular weight is 288 g/mol. The maximum Gasteiger partial charge on any atom is 0.416 e. The number of piperidine rings is 1. The van der Waals surface area contributed by atoms with Gasteiger partial charge < -0.3 is 9.59 Å². The number of nitrogens with zero attached hydrogens (tertiary/aromatic N) is 1. The topological polar surface area (TPSA) is 20.2 Å². The van der Waals surface area contributed by atoms with Crippen LogP contribution in [-0.4, -0.2) is 36.0 Å². The molecule has 5 heteroatoms. The van der Waals surface area contributed by atoms with Gasteiger partial charge in [-0.2, -0.15) is 13.2 Å². The van der Waals surface area contributed by atoms with Crippen LogP contribution >= 0.6 is 0 Å². The highest BCUT2D eigenvalue weighted by molar-refractivity contribution is 5.28. The second kappa shape index (κ2) is 5.37. The molecule has 1 aromatic carbocycles. The molecule has 20 heavy (non-hydrogen) atoms. The summed E-state index contributed by atoms with van der Waals surface area (Å²) in [4.78, 5) is 0. The fourth-order valence-corrected chi connectivity index (χ4v) is 2.83. The summed E-state index contributed by atoms with van der Waals surface area (Å²) >= 11 is 0. The lowest BCUT2D eigenvalue weighted by atomic mass is 9.87. The van der Waals surface area contributed by atoms with E-state index in [1.165, 1.54) is 12.1 Å². The van der Waals surface area contributed by atoms with Crippen LogP contribution in [0.25, 0.3) is 0 Å². The molecule has 0 aliphatic carbocycles. The molecule has 1 unspecified atom stereocenters. The maximum atomic E-state index is 12.7. The summed E-state index contributed by atoms with van der Waals surface area (Å²) in [5.41, 5.74) is 0.185. The van der Waals surface area contributed by atoms with Gasteiger partial charge in [-0.15, -0.1) is 0 Å². The lowest BCUT2D eigenvalue weighted by Crippen LogP contribution is -2.54. The summed E-state index contributed by atoms with van der Waals surface area (Å²) in [5, 5.41) is 9.77. The minimum atomic E-state index is -4.28. The molecule has 112 valence electrons. The SMILES string of the molecule is CC(O)[N+]1(C)CCC(c2cccc(C(F)(F)F)c2)CC1. The first-order valence-corrected chi connectivity index (χ1v) is 6.92. The number of aliphatic hydroxyl groups is 1. The van der Waals surface area contributed by atoms with Crippen molar-refractivity contribution in [2.75, 3.05) is 20.1 Å². The van der Waals surface area contributed by atoms with Gasteiger partial charge in [-0.3, -0.25) is 0 Å². The number of hydrogen-bond donors (Lipinski definition) is 1. The first-order chi connectivity index (χ1) is 9.22. The van der Waals surface area contributed by atoms with Gasteiger partial charge in [-0.1, -0.05) is 18.2 Å². The number of rotatable bonds is 2. The first kappa shape index (κ1) is 15.3. The summed E-state index contributed by atoms with van der Waals surface area (Å²) in [6.45, 7) is 3.35. The van der Waals surface area contributed by atoms with Gasteiger partial charge in [-0.25, -0.2) is 0 Å². The minimum Gasteiger partial charge on any atom is -0.345 e. The van der Waals surface area contributed by atoms with Crippen LogP contribution in [0.5, 0.6) is 0 Å². The Morgan fingerprint density at radius 3 is 2.35 bits per heavy atom. The second-order valence-corrected chi connectivity index (χ2v) is 5.96. The van der Waals surface area contributed by atoms with Crippen LogP contribution in [-0.2, 0) is 6.18 Å². The van der Waals surface area contributed by atoms with Crippen molar-refractivity contribution in [1.82, 2.24) is 0 Å². The smallest absolute Gasteiger partial charge is 0.345 e. The van der Waals surface area contributed by atoms with Crippen LogP contribution in [0.2, 0.25) is 0 Å². The zero-order valence-electron chi connectivity index (χ0n) is 11.8. The number of alkyl halides is 3. The summed E-state index contributed by atoms with van der Waals surface area (Å²) in [6.07, 6.45) is -3.10. The Morgan fingerprint density at radius 2 is 1.85 bits per heavy atom. The molecule has 1 atom stereocenters. The van der Waals surface area contributed by atoms with Crippen LogP contribution in [0, 0.1) is 0 Å². The van der Waals surface area contributed by atoms with Gasteiger partial charge in [0, 0.05) is 19.8 Å². The standard InChI is InChI=1S/C15H21F3NO/c1-11(20)19(2)8-6-12(7-9-19)13-4-3-5-14(10-13)15(16,17)18/h3-5,10-12,20H,6-9H2,1-2H3/q+1. The van der Waals surface area contributed by atoms with E-state index in [1.807, 2.05) is 7.05 Å². The van der Waals surface area contributed by atoms with Crippen LogP contribution < -0.4 is 0 Å². The Morgan fingerprint density at radius 1 is 1.25 bits per heavy atom. The van der Waals surface area contributed by atoms with Gasteiger partial charge in [0.05, 0.1) is 25.7 Å². The van der Waals surface area contributed by atoms with E-state index in [1.54, 1.807) is 13.0 Å². The highest BCUT2D eigenvalue weighted by atomic mass is 19.4. The molecule has 0 spiro atoms. The van der Waals surface area contributed by atoms with Crippen molar-refractivity contribution in [2.24, 2.45) is 0 Å². The lowest BCUT2D eigenvalue weighted by Gasteiger charge is -2.42. The lowest BCUT2D eigenvalue weighted by molar-refractivity contribution is -0.956. The van der Waals surface area contributed by atoms with Gasteiger partial charge in [0.15, 0.2) is 6.23 Å². The monoisotopic (exact) mass is 288 g/mol. The van der Waals surface area contributed by atoms with E-state index in [9.17, 15) is 18.3 Å². The Hall–Kier alpha value is -1.07. The molecule has 2 rings (SSSR count). The van der Waals surface area contributed by atoms with Crippen LogP contribution in [0.1, 0.15) is 36.8 Å². The Kier molecular flexibility index (Phi) is 4.12. The average Bonchev–Trinajstić information content (AvgIpc) is 2.38. The van der Waals surface area contributed by atoms with Gasteiger partial charge in [0.1, 0.15) is 0 Å². The van der Waals surface area contributed by atoms with Gasteiger partial charge in [-0.05, 0) is 17.5 Å². The predicted molar refractivity (Wildman–Crippen MR) is 71.0 cm³/mol. The Balaban J connectivity index is 2.12. The zero-order chi connectivity index (χ0) is 15.0. The third-order valence-electron chi connectivity index (χ3n) is 4.56. The Bertz CT molecular complexity index is 462. The highest BCUT2D eigenvalue weighted by Crippen LogP contribution is 2.35. The van der Waals surface area contributed by atoms with Crippen molar-refractivity contribution in [3.8, 4) is 0 Å². The molecular formula is C15H21F3NO+. The summed E-state index contributed by atoms with van der Waals surface area (Å²) < 4.78 is 38.8. The van der Waals surface area contributed by atoms with Crippen molar-refractivity contribution >= 4 is 0 Å². The van der Waals surface area contributed by atoms with Crippen LogP contribution in [0.15, 0.2) is 24.3 Å². The molecule has 0 aromatic heterocycles. The molecule has 0 amide bonds. The third kappa shape index (κ3) is 3.15.